The van der Waals surface area contributed by atoms with Crippen molar-refractivity contribution in [2.45, 2.75) is 6.17 Å². The lowest BCUT2D eigenvalue weighted by Gasteiger charge is -2.07. The molecule has 76 valence electrons. The monoisotopic (exact) mass is 212 g/mol. The van der Waals surface area contributed by atoms with Crippen molar-refractivity contribution in [2.75, 3.05) is 25.5 Å². The molecular formula is C8H12N4OS. The van der Waals surface area contributed by atoms with Crippen molar-refractivity contribution in [3.8, 4) is 0 Å². The van der Waals surface area contributed by atoms with Crippen molar-refractivity contribution in [1.82, 2.24) is 15.6 Å². The fourth-order valence-electron chi connectivity index (χ4n) is 1.25. The van der Waals surface area contributed by atoms with Crippen molar-refractivity contribution in [1.29, 1.82) is 0 Å². The molecule has 0 saturated carbocycles. The number of hydrogen-bond donors (Lipinski definition) is 2. The summed E-state index contributed by atoms with van der Waals surface area (Å²) in [7, 11) is 3.90. The molecule has 1 aromatic rings. The summed E-state index contributed by atoms with van der Waals surface area (Å²) in [4.78, 5) is 18.2. The van der Waals surface area contributed by atoms with Crippen LogP contribution >= 0.6 is 11.3 Å². The molecule has 0 spiro atoms. The van der Waals surface area contributed by atoms with E-state index in [0.29, 0.717) is 6.54 Å². The number of thiazole rings is 1. The predicted octanol–water partition coefficient (Wildman–Crippen LogP) is -0.0729. The van der Waals surface area contributed by atoms with Gasteiger partial charge in [-0.3, -0.25) is 10.1 Å². The summed E-state index contributed by atoms with van der Waals surface area (Å²) in [5.41, 5.74) is 0. The van der Waals surface area contributed by atoms with Crippen molar-refractivity contribution in [2.24, 2.45) is 0 Å². The second-order valence-corrected chi connectivity index (χ2v) is 4.36. The standard InChI is InChI=1S/C8H12N4OS/c1-12(2)8-10-3-5(14-8)7-9-4-6(13)11-7/h3,7,9H,4H2,1-2H3,(H,11,13). The highest BCUT2D eigenvalue weighted by molar-refractivity contribution is 7.15. The van der Waals surface area contributed by atoms with E-state index >= 15 is 0 Å². The van der Waals surface area contributed by atoms with Gasteiger partial charge in [-0.15, -0.1) is 0 Å². The Morgan fingerprint density at radius 3 is 2.93 bits per heavy atom. The first kappa shape index (κ1) is 9.42. The van der Waals surface area contributed by atoms with E-state index in [-0.39, 0.29) is 12.1 Å². The minimum absolute atomic E-state index is 0.0369. The van der Waals surface area contributed by atoms with E-state index in [4.69, 9.17) is 0 Å². The molecule has 0 bridgehead atoms. The van der Waals surface area contributed by atoms with Gasteiger partial charge in [-0.2, -0.15) is 0 Å². The van der Waals surface area contributed by atoms with E-state index in [9.17, 15) is 4.79 Å². The van der Waals surface area contributed by atoms with Crippen LogP contribution in [0, 0.1) is 0 Å². The Bertz CT molecular complexity index is 349. The molecule has 1 aliphatic rings. The second-order valence-electron chi connectivity index (χ2n) is 3.32. The van der Waals surface area contributed by atoms with Crippen molar-refractivity contribution >= 4 is 22.4 Å². The number of nitrogens with zero attached hydrogens (tertiary/aromatic N) is 2. The molecule has 1 atom stereocenters. The van der Waals surface area contributed by atoms with Gasteiger partial charge in [0.05, 0.1) is 11.4 Å². The van der Waals surface area contributed by atoms with Crippen LogP contribution in [0.5, 0.6) is 0 Å². The Labute approximate surface area is 86.1 Å². The van der Waals surface area contributed by atoms with Gasteiger partial charge in [-0.05, 0) is 0 Å². The zero-order chi connectivity index (χ0) is 10.1. The minimum Gasteiger partial charge on any atom is -0.354 e. The van der Waals surface area contributed by atoms with E-state index in [2.05, 4.69) is 15.6 Å². The quantitative estimate of drug-likeness (QED) is 0.720. The lowest BCUT2D eigenvalue weighted by atomic mass is 10.4. The molecule has 5 nitrogen and oxygen atoms in total. The molecule has 1 fully saturated rings. The molecule has 2 rings (SSSR count). The third-order valence-electron chi connectivity index (χ3n) is 1.95. The van der Waals surface area contributed by atoms with Crippen LogP contribution < -0.4 is 15.5 Å². The Morgan fingerprint density at radius 1 is 1.64 bits per heavy atom. The lowest BCUT2D eigenvalue weighted by molar-refractivity contribution is -0.118. The normalized spacial score (nSPS) is 21.0. The summed E-state index contributed by atoms with van der Waals surface area (Å²) in [5.74, 6) is 0.0369. The lowest BCUT2D eigenvalue weighted by Crippen LogP contribution is -2.21. The maximum Gasteiger partial charge on any atom is 0.235 e. The van der Waals surface area contributed by atoms with Crippen molar-refractivity contribution in [3.63, 3.8) is 0 Å². The van der Waals surface area contributed by atoms with Gasteiger partial charge in [0.25, 0.3) is 0 Å². The van der Waals surface area contributed by atoms with E-state index in [1.54, 1.807) is 17.5 Å². The van der Waals surface area contributed by atoms with Gasteiger partial charge in [0, 0.05) is 20.3 Å². The Morgan fingerprint density at radius 2 is 2.43 bits per heavy atom. The summed E-state index contributed by atoms with van der Waals surface area (Å²) < 4.78 is 0. The molecular weight excluding hydrogens is 200 g/mol. The van der Waals surface area contributed by atoms with Gasteiger partial charge < -0.3 is 10.2 Å². The second kappa shape index (κ2) is 3.55. The van der Waals surface area contributed by atoms with Crippen LogP contribution in [0.1, 0.15) is 11.0 Å². The first-order chi connectivity index (χ1) is 6.66. The average Bonchev–Trinajstić information content (AvgIpc) is 2.70. The molecule has 0 aromatic carbocycles. The fraction of sp³-hybridized carbons (Fsp3) is 0.500. The van der Waals surface area contributed by atoms with Crippen LogP contribution in [0.2, 0.25) is 0 Å². The van der Waals surface area contributed by atoms with Gasteiger partial charge in [0.1, 0.15) is 6.17 Å². The van der Waals surface area contributed by atoms with E-state index < -0.39 is 0 Å². The summed E-state index contributed by atoms with van der Waals surface area (Å²) >= 11 is 1.58. The van der Waals surface area contributed by atoms with Gasteiger partial charge in [0.2, 0.25) is 5.91 Å². The largest absolute Gasteiger partial charge is 0.354 e. The molecule has 1 aliphatic heterocycles. The third-order valence-corrected chi connectivity index (χ3v) is 3.18. The number of carbonyl (C=O) groups excluding carboxylic acids is 1. The van der Waals surface area contributed by atoms with Crippen LogP contribution in [0.4, 0.5) is 5.13 Å². The topological polar surface area (TPSA) is 57.3 Å². The highest BCUT2D eigenvalue weighted by Crippen LogP contribution is 2.25. The fourth-order valence-corrected chi connectivity index (χ4v) is 2.11. The predicted molar refractivity (Wildman–Crippen MR) is 55.3 cm³/mol. The summed E-state index contributed by atoms with van der Waals surface area (Å²) in [5, 5.41) is 6.84. The van der Waals surface area contributed by atoms with E-state index in [1.165, 1.54) is 0 Å². The number of anilines is 1. The smallest absolute Gasteiger partial charge is 0.235 e. The van der Waals surface area contributed by atoms with Gasteiger partial charge in [-0.1, -0.05) is 11.3 Å². The Kier molecular flexibility index (Phi) is 2.39. The van der Waals surface area contributed by atoms with Gasteiger partial charge >= 0.3 is 0 Å². The van der Waals surface area contributed by atoms with Crippen LogP contribution in [0.15, 0.2) is 6.20 Å². The van der Waals surface area contributed by atoms with Gasteiger partial charge in [-0.25, -0.2) is 4.98 Å². The average molecular weight is 212 g/mol. The maximum absolute atomic E-state index is 11.0. The van der Waals surface area contributed by atoms with Crippen LogP contribution in [0.25, 0.3) is 0 Å². The maximum atomic E-state index is 11.0. The number of aromatic nitrogens is 1. The minimum atomic E-state index is -0.0614. The van der Waals surface area contributed by atoms with E-state index in [0.717, 1.165) is 10.0 Å². The van der Waals surface area contributed by atoms with E-state index in [1.807, 2.05) is 19.0 Å². The highest BCUT2D eigenvalue weighted by atomic mass is 32.1. The summed E-state index contributed by atoms with van der Waals surface area (Å²) in [6.45, 7) is 0.389. The molecule has 1 amide bonds. The van der Waals surface area contributed by atoms with Crippen LogP contribution in [-0.2, 0) is 4.79 Å². The van der Waals surface area contributed by atoms with Crippen molar-refractivity contribution in [3.05, 3.63) is 11.1 Å². The highest BCUT2D eigenvalue weighted by Gasteiger charge is 2.23. The zero-order valence-corrected chi connectivity index (χ0v) is 8.89. The molecule has 2 N–H and O–H groups in total. The third kappa shape index (κ3) is 1.71. The van der Waals surface area contributed by atoms with Crippen LogP contribution in [0.3, 0.4) is 0 Å². The molecule has 0 aliphatic carbocycles. The number of amides is 1. The zero-order valence-electron chi connectivity index (χ0n) is 8.07. The number of carbonyl (C=O) groups is 1. The molecule has 1 aromatic heterocycles. The van der Waals surface area contributed by atoms with Crippen LogP contribution in [-0.4, -0.2) is 31.5 Å². The van der Waals surface area contributed by atoms with Crippen molar-refractivity contribution < 1.29 is 4.79 Å². The molecule has 14 heavy (non-hydrogen) atoms. The molecule has 0 radical (unpaired) electrons. The number of hydrogen-bond acceptors (Lipinski definition) is 5. The Hall–Kier alpha value is -1.14. The Balaban J connectivity index is 2.13. The number of rotatable bonds is 2. The first-order valence-electron chi connectivity index (χ1n) is 4.32. The van der Waals surface area contributed by atoms with Gasteiger partial charge in [0.15, 0.2) is 5.13 Å². The molecule has 6 heteroatoms. The molecule has 1 unspecified atom stereocenters. The summed E-state index contributed by atoms with van der Waals surface area (Å²) in [6.07, 6.45) is 1.73. The molecule has 2 heterocycles. The first-order valence-corrected chi connectivity index (χ1v) is 5.14. The SMILES string of the molecule is CN(C)c1ncc(C2NCC(=O)N2)s1. The molecule has 1 saturated heterocycles. The number of nitrogens with one attached hydrogen (secondary N) is 2. The summed E-state index contributed by atoms with van der Waals surface area (Å²) in [6, 6.07) is 0.